The van der Waals surface area contributed by atoms with Gasteiger partial charge in [0.1, 0.15) is 24.2 Å². The van der Waals surface area contributed by atoms with E-state index in [4.69, 9.17) is 0 Å². The maximum Gasteiger partial charge on any atom is 0.305 e. The Bertz CT molecular complexity index is 1240. The van der Waals surface area contributed by atoms with Crippen molar-refractivity contribution < 1.29 is 28.7 Å². The predicted molar refractivity (Wildman–Crippen MR) is 156 cm³/mol. The van der Waals surface area contributed by atoms with Crippen LogP contribution in [0.2, 0.25) is 0 Å². The quantitative estimate of drug-likeness (QED) is 0.293. The number of methoxy groups -OCH3 is 1. The molecule has 4 amide bonds. The summed E-state index contributed by atoms with van der Waals surface area (Å²) in [6, 6.07) is 15.3. The van der Waals surface area contributed by atoms with E-state index in [1.54, 1.807) is 4.90 Å². The van der Waals surface area contributed by atoms with E-state index in [0.29, 0.717) is 45.1 Å². The number of esters is 1. The van der Waals surface area contributed by atoms with Crippen LogP contribution in [0.4, 0.5) is 0 Å². The van der Waals surface area contributed by atoms with Crippen molar-refractivity contribution in [3.05, 3.63) is 71.8 Å². The molecule has 3 N–H and O–H groups in total. The van der Waals surface area contributed by atoms with E-state index in [1.807, 2.05) is 60.7 Å². The molecule has 2 aliphatic rings. The molecule has 2 saturated heterocycles. The Balaban J connectivity index is 1.59. The largest absolute Gasteiger partial charge is 0.469 e. The van der Waals surface area contributed by atoms with Crippen molar-refractivity contribution in [2.24, 2.45) is 0 Å². The van der Waals surface area contributed by atoms with Gasteiger partial charge in [-0.25, -0.2) is 0 Å². The second kappa shape index (κ2) is 15.1. The van der Waals surface area contributed by atoms with Crippen molar-refractivity contribution in [1.29, 1.82) is 0 Å². The van der Waals surface area contributed by atoms with Crippen LogP contribution in [0.3, 0.4) is 0 Å². The number of nitrogens with one attached hydrogen (secondary N) is 3. The highest BCUT2D eigenvalue weighted by Crippen LogP contribution is 2.21. The van der Waals surface area contributed by atoms with Crippen molar-refractivity contribution in [2.75, 3.05) is 13.7 Å². The van der Waals surface area contributed by atoms with E-state index >= 15 is 0 Å². The molecule has 224 valence electrons. The Labute approximate surface area is 246 Å². The summed E-state index contributed by atoms with van der Waals surface area (Å²) >= 11 is 0. The van der Waals surface area contributed by atoms with Crippen molar-refractivity contribution >= 4 is 29.6 Å². The lowest BCUT2D eigenvalue weighted by Gasteiger charge is -2.32. The zero-order chi connectivity index (χ0) is 29.9. The first-order valence-electron chi connectivity index (χ1n) is 14.7. The van der Waals surface area contributed by atoms with Gasteiger partial charge in [0, 0.05) is 25.8 Å². The van der Waals surface area contributed by atoms with Crippen LogP contribution in [0, 0.1) is 0 Å². The van der Waals surface area contributed by atoms with Crippen LogP contribution in [-0.4, -0.2) is 72.3 Å². The molecule has 0 saturated carbocycles. The van der Waals surface area contributed by atoms with Gasteiger partial charge in [-0.1, -0.05) is 73.5 Å². The molecule has 42 heavy (non-hydrogen) atoms. The van der Waals surface area contributed by atoms with Crippen LogP contribution in [0.1, 0.15) is 56.1 Å². The van der Waals surface area contributed by atoms with Crippen molar-refractivity contribution in [3.8, 4) is 0 Å². The molecule has 4 rings (SSSR count). The van der Waals surface area contributed by atoms with Gasteiger partial charge < -0.3 is 25.6 Å². The van der Waals surface area contributed by atoms with Crippen molar-refractivity contribution in [2.45, 2.75) is 82.0 Å². The first-order valence-corrected chi connectivity index (χ1v) is 14.7. The molecule has 0 bridgehead atoms. The van der Waals surface area contributed by atoms with Crippen LogP contribution in [0.5, 0.6) is 0 Å². The third-order valence-electron chi connectivity index (χ3n) is 7.89. The number of carbonyl (C=O) groups is 5. The van der Waals surface area contributed by atoms with E-state index in [2.05, 4.69) is 20.7 Å². The monoisotopic (exact) mass is 576 g/mol. The highest BCUT2D eigenvalue weighted by molar-refractivity contribution is 5.98. The molecule has 2 aromatic carbocycles. The zero-order valence-corrected chi connectivity index (χ0v) is 24.1. The molecule has 1 unspecified atom stereocenters. The Morgan fingerprint density at radius 3 is 1.98 bits per heavy atom. The number of carbonyl (C=O) groups excluding carboxylic acids is 5. The van der Waals surface area contributed by atoms with Gasteiger partial charge in [-0.2, -0.15) is 0 Å². The standard InChI is InChI=1S/C32H40N4O6/c1-42-28(37)18-10-4-9-16-24-29(38)34-25(20-22-12-5-2-6-13-22)30(39)35-26(21-23-14-7-3-8-15-23)32(41)36-19-11-17-27(36)31(40)33-24/h2-3,5-8,12-15,24-27H,4,9-11,16-21H2,1H3,(H,33,40)(H,34,38)(H,35,39)/t24?,25-,26-,27+/m0/s1. The SMILES string of the molecule is COC(=O)CCCCCC1NC(=O)[C@H]2CCCN2C(=O)[C@H](Cc2ccccc2)NC(=O)[C@H](Cc2ccccc2)NC1=O. The van der Waals surface area contributed by atoms with Gasteiger partial charge in [0.05, 0.1) is 7.11 Å². The minimum absolute atomic E-state index is 0.219. The minimum atomic E-state index is -0.960. The van der Waals surface area contributed by atoms with E-state index in [-0.39, 0.29) is 37.0 Å². The molecule has 0 aliphatic carbocycles. The highest BCUT2D eigenvalue weighted by atomic mass is 16.5. The van der Waals surface area contributed by atoms with Crippen molar-refractivity contribution in [3.63, 3.8) is 0 Å². The molecular weight excluding hydrogens is 536 g/mol. The van der Waals surface area contributed by atoms with Gasteiger partial charge in [0.25, 0.3) is 0 Å². The van der Waals surface area contributed by atoms with Crippen LogP contribution < -0.4 is 16.0 Å². The molecule has 0 aromatic heterocycles. The van der Waals surface area contributed by atoms with Gasteiger partial charge in [-0.05, 0) is 36.8 Å². The molecule has 0 radical (unpaired) electrons. The summed E-state index contributed by atoms with van der Waals surface area (Å²) in [4.78, 5) is 67.7. The maximum absolute atomic E-state index is 13.9. The Morgan fingerprint density at radius 2 is 1.33 bits per heavy atom. The lowest BCUT2D eigenvalue weighted by molar-refractivity contribution is -0.143. The van der Waals surface area contributed by atoms with E-state index in [9.17, 15) is 24.0 Å². The van der Waals surface area contributed by atoms with E-state index in [1.165, 1.54) is 7.11 Å². The first-order chi connectivity index (χ1) is 20.4. The molecular formula is C32H40N4O6. The number of amides is 4. The highest BCUT2D eigenvalue weighted by Gasteiger charge is 2.40. The third kappa shape index (κ3) is 8.41. The fourth-order valence-electron chi connectivity index (χ4n) is 5.59. The van der Waals surface area contributed by atoms with Gasteiger partial charge in [-0.15, -0.1) is 0 Å². The van der Waals surface area contributed by atoms with Gasteiger partial charge in [-0.3, -0.25) is 24.0 Å². The number of rotatable bonds is 10. The number of benzene rings is 2. The average molecular weight is 577 g/mol. The number of nitrogens with zero attached hydrogens (tertiary/aromatic N) is 1. The molecule has 0 spiro atoms. The van der Waals surface area contributed by atoms with Crippen LogP contribution in [-0.2, 0) is 41.6 Å². The first kappa shape index (κ1) is 30.7. The van der Waals surface area contributed by atoms with Crippen molar-refractivity contribution in [1.82, 2.24) is 20.9 Å². The Kier molecular flexibility index (Phi) is 11.1. The van der Waals surface area contributed by atoms with E-state index < -0.39 is 36.0 Å². The molecule has 10 nitrogen and oxygen atoms in total. The summed E-state index contributed by atoms with van der Waals surface area (Å²) in [5.74, 6) is -1.89. The Morgan fingerprint density at radius 1 is 0.762 bits per heavy atom. The van der Waals surface area contributed by atoms with Crippen LogP contribution >= 0.6 is 0 Å². The van der Waals surface area contributed by atoms with E-state index in [0.717, 1.165) is 11.1 Å². The number of unbranched alkanes of at least 4 members (excludes halogenated alkanes) is 2. The van der Waals surface area contributed by atoms with Gasteiger partial charge in [0.2, 0.25) is 23.6 Å². The number of fused-ring (bicyclic) bond motifs is 1. The number of hydrogen-bond acceptors (Lipinski definition) is 6. The predicted octanol–water partition coefficient (Wildman–Crippen LogP) is 2.05. The number of hydrogen-bond donors (Lipinski definition) is 3. The average Bonchev–Trinajstić information content (AvgIpc) is 3.50. The van der Waals surface area contributed by atoms with Crippen LogP contribution in [0.15, 0.2) is 60.7 Å². The molecule has 2 heterocycles. The summed E-state index contributed by atoms with van der Waals surface area (Å²) in [5.41, 5.74) is 1.72. The topological polar surface area (TPSA) is 134 Å². The molecule has 2 fully saturated rings. The smallest absolute Gasteiger partial charge is 0.305 e. The molecule has 4 atom stereocenters. The maximum atomic E-state index is 13.9. The fraction of sp³-hybridized carbons (Fsp3) is 0.469. The molecule has 10 heteroatoms. The Hall–Kier alpha value is -4.21. The van der Waals surface area contributed by atoms with Crippen LogP contribution in [0.25, 0.3) is 0 Å². The summed E-state index contributed by atoms with van der Waals surface area (Å²) in [6.07, 6.45) is 4.06. The third-order valence-corrected chi connectivity index (χ3v) is 7.89. The molecule has 2 aromatic rings. The second-order valence-electron chi connectivity index (χ2n) is 10.9. The lowest BCUT2D eigenvalue weighted by Crippen LogP contribution is -2.61. The second-order valence-corrected chi connectivity index (χ2v) is 10.9. The van der Waals surface area contributed by atoms with Gasteiger partial charge >= 0.3 is 5.97 Å². The fourth-order valence-corrected chi connectivity index (χ4v) is 5.59. The zero-order valence-electron chi connectivity index (χ0n) is 24.1. The minimum Gasteiger partial charge on any atom is -0.469 e. The summed E-state index contributed by atoms with van der Waals surface area (Å²) in [7, 11) is 1.34. The normalized spacial score (nSPS) is 23.1. The number of ether oxygens (including phenoxy) is 1. The lowest BCUT2D eigenvalue weighted by atomic mass is 10.00. The summed E-state index contributed by atoms with van der Waals surface area (Å²) < 4.78 is 4.69. The summed E-state index contributed by atoms with van der Waals surface area (Å²) in [5, 5.41) is 8.67. The summed E-state index contributed by atoms with van der Waals surface area (Å²) in [6.45, 7) is 0.399. The molecule has 2 aliphatic heterocycles. The van der Waals surface area contributed by atoms with Gasteiger partial charge in [0.15, 0.2) is 0 Å².